The van der Waals surface area contributed by atoms with Crippen molar-refractivity contribution >= 4 is 6.21 Å². The summed E-state index contributed by atoms with van der Waals surface area (Å²) < 4.78 is 0. The van der Waals surface area contributed by atoms with Crippen molar-refractivity contribution in [2.45, 2.75) is 78.6 Å². The highest BCUT2D eigenvalue weighted by atomic mass is 15.3. The molecule has 0 aromatic carbocycles. The lowest BCUT2D eigenvalue weighted by molar-refractivity contribution is -0.0233. The Morgan fingerprint density at radius 3 is 2.50 bits per heavy atom. The fourth-order valence-corrected chi connectivity index (χ4v) is 3.52. The van der Waals surface area contributed by atoms with Gasteiger partial charge in [-0.3, -0.25) is 9.89 Å². The molecule has 0 bridgehead atoms. The molecule has 2 nitrogen and oxygen atoms in total. The van der Waals surface area contributed by atoms with Crippen molar-refractivity contribution < 1.29 is 0 Å². The summed E-state index contributed by atoms with van der Waals surface area (Å²) in [6.07, 6.45) is 8.17. The van der Waals surface area contributed by atoms with Gasteiger partial charge in [-0.15, -0.1) is 0 Å². The lowest BCUT2D eigenvalue weighted by Crippen LogP contribution is -2.59. The Kier molecular flexibility index (Phi) is 4.47. The first-order chi connectivity index (χ1) is 8.54. The fourth-order valence-electron chi connectivity index (χ4n) is 3.52. The standard InChI is InChI=1S/C16H30N2/c1-6-7-13-8-14(13)15-9-16(17-10-11(2)3)18(15)12(4)5/h10-16H,6-9H2,1-5H3. The molecule has 1 aliphatic heterocycles. The molecule has 2 heteroatoms. The van der Waals surface area contributed by atoms with Gasteiger partial charge < -0.3 is 0 Å². The molecular formula is C16H30N2. The first-order valence-electron chi connectivity index (χ1n) is 7.85. The Labute approximate surface area is 113 Å². The SMILES string of the molecule is CCCC1CC1C1CC(N=CC(C)C)N1C(C)C. The second-order valence-electron chi connectivity index (χ2n) is 6.82. The van der Waals surface area contributed by atoms with Gasteiger partial charge >= 0.3 is 0 Å². The molecule has 0 spiro atoms. The molecule has 4 unspecified atom stereocenters. The molecular weight excluding hydrogens is 220 g/mol. The van der Waals surface area contributed by atoms with Gasteiger partial charge in [-0.1, -0.05) is 33.6 Å². The van der Waals surface area contributed by atoms with Crippen molar-refractivity contribution in [2.75, 3.05) is 0 Å². The summed E-state index contributed by atoms with van der Waals surface area (Å²) in [7, 11) is 0. The number of hydrogen-bond donors (Lipinski definition) is 0. The molecule has 1 aliphatic carbocycles. The van der Waals surface area contributed by atoms with E-state index in [0.717, 1.165) is 17.9 Å². The molecule has 2 fully saturated rings. The maximum atomic E-state index is 4.76. The number of likely N-dealkylation sites (tertiary alicyclic amines) is 1. The lowest BCUT2D eigenvalue weighted by Gasteiger charge is -2.50. The second-order valence-corrected chi connectivity index (χ2v) is 6.82. The molecule has 4 atom stereocenters. The second kappa shape index (κ2) is 5.73. The van der Waals surface area contributed by atoms with E-state index in [1.54, 1.807) is 0 Å². The maximum absolute atomic E-state index is 4.76. The molecule has 0 amide bonds. The highest BCUT2D eigenvalue weighted by Crippen LogP contribution is 2.51. The minimum atomic E-state index is 0.472. The Hall–Kier alpha value is -0.370. The smallest absolute Gasteiger partial charge is 0.103 e. The summed E-state index contributed by atoms with van der Waals surface area (Å²) in [5.74, 6) is 2.58. The number of aliphatic imine (C=N–C) groups is 1. The topological polar surface area (TPSA) is 15.6 Å². The van der Waals surface area contributed by atoms with Gasteiger partial charge in [-0.05, 0) is 44.4 Å². The van der Waals surface area contributed by atoms with Gasteiger partial charge in [0.15, 0.2) is 0 Å². The van der Waals surface area contributed by atoms with E-state index >= 15 is 0 Å². The molecule has 1 saturated carbocycles. The quantitative estimate of drug-likeness (QED) is 0.652. The minimum Gasteiger partial charge on any atom is -0.278 e. The van der Waals surface area contributed by atoms with Crippen LogP contribution in [0.4, 0.5) is 0 Å². The summed E-state index contributed by atoms with van der Waals surface area (Å²) in [6.45, 7) is 11.4. The Bertz CT molecular complexity index is 295. The van der Waals surface area contributed by atoms with Crippen LogP contribution in [0.3, 0.4) is 0 Å². The summed E-state index contributed by atoms with van der Waals surface area (Å²) >= 11 is 0. The van der Waals surface area contributed by atoms with Crippen molar-refractivity contribution in [3.8, 4) is 0 Å². The largest absolute Gasteiger partial charge is 0.278 e. The molecule has 18 heavy (non-hydrogen) atoms. The first kappa shape index (κ1) is 14.0. The van der Waals surface area contributed by atoms with Crippen molar-refractivity contribution in [1.29, 1.82) is 0 Å². The van der Waals surface area contributed by atoms with Crippen LogP contribution in [0, 0.1) is 17.8 Å². The zero-order chi connectivity index (χ0) is 13.3. The Balaban J connectivity index is 1.88. The third-order valence-corrected chi connectivity index (χ3v) is 4.46. The van der Waals surface area contributed by atoms with Crippen LogP contribution >= 0.6 is 0 Å². The molecule has 2 aliphatic rings. The van der Waals surface area contributed by atoms with E-state index in [2.05, 4.69) is 45.7 Å². The van der Waals surface area contributed by atoms with E-state index < -0.39 is 0 Å². The van der Waals surface area contributed by atoms with Crippen LogP contribution in [-0.4, -0.2) is 29.4 Å². The number of nitrogens with zero attached hydrogens (tertiary/aromatic N) is 2. The van der Waals surface area contributed by atoms with Crippen molar-refractivity contribution in [2.24, 2.45) is 22.7 Å². The first-order valence-corrected chi connectivity index (χ1v) is 7.85. The molecule has 1 heterocycles. The van der Waals surface area contributed by atoms with Gasteiger partial charge in [0.05, 0.1) is 0 Å². The molecule has 0 N–H and O–H groups in total. The summed E-state index contributed by atoms with van der Waals surface area (Å²) in [4.78, 5) is 7.42. The van der Waals surface area contributed by atoms with Crippen LogP contribution in [0.5, 0.6) is 0 Å². The van der Waals surface area contributed by atoms with Crippen LogP contribution in [0.25, 0.3) is 0 Å². The monoisotopic (exact) mass is 250 g/mol. The Morgan fingerprint density at radius 2 is 1.94 bits per heavy atom. The highest BCUT2D eigenvalue weighted by Gasteiger charge is 2.52. The fraction of sp³-hybridized carbons (Fsp3) is 0.938. The maximum Gasteiger partial charge on any atom is 0.103 e. The Morgan fingerprint density at radius 1 is 1.22 bits per heavy atom. The zero-order valence-electron chi connectivity index (χ0n) is 12.8. The minimum absolute atomic E-state index is 0.472. The van der Waals surface area contributed by atoms with Crippen LogP contribution in [0.2, 0.25) is 0 Å². The van der Waals surface area contributed by atoms with Gasteiger partial charge in [-0.2, -0.15) is 0 Å². The van der Waals surface area contributed by atoms with E-state index in [1.807, 2.05) is 0 Å². The van der Waals surface area contributed by atoms with E-state index in [-0.39, 0.29) is 0 Å². The molecule has 2 rings (SSSR count). The van der Waals surface area contributed by atoms with Crippen LogP contribution in [0.15, 0.2) is 4.99 Å². The average Bonchev–Trinajstić information content (AvgIpc) is 2.94. The van der Waals surface area contributed by atoms with Crippen molar-refractivity contribution in [1.82, 2.24) is 4.90 Å². The van der Waals surface area contributed by atoms with Gasteiger partial charge in [-0.25, -0.2) is 0 Å². The molecule has 1 saturated heterocycles. The summed E-state index contributed by atoms with van der Waals surface area (Å²) in [5.41, 5.74) is 0. The van der Waals surface area contributed by atoms with E-state index in [1.165, 1.54) is 25.7 Å². The van der Waals surface area contributed by atoms with Gasteiger partial charge in [0.25, 0.3) is 0 Å². The number of rotatable bonds is 6. The van der Waals surface area contributed by atoms with Crippen LogP contribution in [-0.2, 0) is 0 Å². The predicted molar refractivity (Wildman–Crippen MR) is 79.0 cm³/mol. The van der Waals surface area contributed by atoms with Gasteiger partial charge in [0.2, 0.25) is 0 Å². The summed E-state index contributed by atoms with van der Waals surface area (Å²) in [6, 6.07) is 1.47. The van der Waals surface area contributed by atoms with Crippen LogP contribution < -0.4 is 0 Å². The number of hydrogen-bond acceptors (Lipinski definition) is 2. The molecule has 0 aromatic heterocycles. The van der Waals surface area contributed by atoms with Crippen LogP contribution in [0.1, 0.15) is 60.3 Å². The van der Waals surface area contributed by atoms with E-state index in [9.17, 15) is 0 Å². The van der Waals surface area contributed by atoms with E-state index in [0.29, 0.717) is 18.1 Å². The average molecular weight is 250 g/mol. The third-order valence-electron chi connectivity index (χ3n) is 4.46. The zero-order valence-corrected chi connectivity index (χ0v) is 12.8. The van der Waals surface area contributed by atoms with Gasteiger partial charge in [0.1, 0.15) is 6.17 Å². The predicted octanol–water partition coefficient (Wildman–Crippen LogP) is 3.96. The normalized spacial score (nSPS) is 36.6. The van der Waals surface area contributed by atoms with E-state index in [4.69, 9.17) is 4.99 Å². The summed E-state index contributed by atoms with van der Waals surface area (Å²) in [5, 5.41) is 0. The molecule has 104 valence electrons. The molecule has 0 radical (unpaired) electrons. The van der Waals surface area contributed by atoms with Gasteiger partial charge in [0, 0.05) is 18.3 Å². The van der Waals surface area contributed by atoms with Crippen molar-refractivity contribution in [3.63, 3.8) is 0 Å². The highest BCUT2D eigenvalue weighted by molar-refractivity contribution is 5.59. The molecule has 0 aromatic rings. The van der Waals surface area contributed by atoms with Crippen molar-refractivity contribution in [3.05, 3.63) is 0 Å². The third kappa shape index (κ3) is 2.96. The lowest BCUT2D eigenvalue weighted by atomic mass is 9.90.